The van der Waals surface area contributed by atoms with Crippen molar-refractivity contribution >= 4 is 5.69 Å². The maximum absolute atomic E-state index is 12.0. The van der Waals surface area contributed by atoms with Crippen LogP contribution in [0.1, 0.15) is 13.3 Å². The van der Waals surface area contributed by atoms with E-state index in [1.165, 1.54) is 12.1 Å². The number of nitrogen functional groups attached to an aromatic ring is 1. The topological polar surface area (TPSA) is 44.5 Å². The van der Waals surface area contributed by atoms with Gasteiger partial charge in [0, 0.05) is 0 Å². The van der Waals surface area contributed by atoms with Crippen LogP contribution in [0.5, 0.6) is 11.5 Å². The highest BCUT2D eigenvalue weighted by molar-refractivity contribution is 5.62. The lowest BCUT2D eigenvalue weighted by molar-refractivity contribution is -0.153. The van der Waals surface area contributed by atoms with Gasteiger partial charge in [-0.15, -0.1) is 0 Å². The molecule has 0 unspecified atom stereocenters. The minimum absolute atomic E-state index is 0.0177. The van der Waals surface area contributed by atoms with Gasteiger partial charge in [-0.1, -0.05) is 13.0 Å². The molecule has 0 amide bonds. The zero-order valence-corrected chi connectivity index (χ0v) is 9.38. The maximum atomic E-state index is 12.0. The van der Waals surface area contributed by atoms with Crippen LogP contribution in [0.15, 0.2) is 18.2 Å². The van der Waals surface area contributed by atoms with Crippen molar-refractivity contribution in [2.24, 2.45) is 0 Å². The molecule has 1 rings (SSSR count). The van der Waals surface area contributed by atoms with Gasteiger partial charge in [0.05, 0.1) is 6.61 Å². The summed E-state index contributed by atoms with van der Waals surface area (Å²) in [7, 11) is 0. The smallest absolute Gasteiger partial charge is 0.422 e. The molecule has 0 aliphatic carbocycles. The molecule has 17 heavy (non-hydrogen) atoms. The van der Waals surface area contributed by atoms with E-state index in [0.29, 0.717) is 12.4 Å². The highest BCUT2D eigenvalue weighted by atomic mass is 19.4. The molecule has 3 nitrogen and oxygen atoms in total. The van der Waals surface area contributed by atoms with Crippen LogP contribution in [-0.2, 0) is 0 Å². The van der Waals surface area contributed by atoms with E-state index >= 15 is 0 Å². The Morgan fingerprint density at radius 2 is 1.76 bits per heavy atom. The van der Waals surface area contributed by atoms with Crippen molar-refractivity contribution in [1.82, 2.24) is 0 Å². The lowest BCUT2D eigenvalue weighted by Gasteiger charge is -2.14. The van der Waals surface area contributed by atoms with Crippen LogP contribution in [0, 0.1) is 0 Å². The first kappa shape index (κ1) is 13.5. The lowest BCUT2D eigenvalue weighted by atomic mass is 10.2. The molecule has 0 atom stereocenters. The van der Waals surface area contributed by atoms with Gasteiger partial charge in [-0.25, -0.2) is 0 Å². The highest BCUT2D eigenvalue weighted by Crippen LogP contribution is 2.32. The van der Waals surface area contributed by atoms with Crippen LogP contribution in [0.2, 0.25) is 0 Å². The van der Waals surface area contributed by atoms with Gasteiger partial charge < -0.3 is 15.2 Å². The minimum atomic E-state index is -4.38. The number of hydrogen-bond donors (Lipinski definition) is 1. The van der Waals surface area contributed by atoms with E-state index in [1.807, 2.05) is 6.92 Å². The Morgan fingerprint density at radius 3 is 2.29 bits per heavy atom. The highest BCUT2D eigenvalue weighted by Gasteiger charge is 2.28. The molecule has 2 N–H and O–H groups in total. The third-order valence-corrected chi connectivity index (χ3v) is 1.88. The third-order valence-electron chi connectivity index (χ3n) is 1.88. The molecule has 1 aromatic rings. The van der Waals surface area contributed by atoms with E-state index in [9.17, 15) is 13.2 Å². The summed E-state index contributed by atoms with van der Waals surface area (Å²) < 4.78 is 45.8. The second-order valence-corrected chi connectivity index (χ2v) is 3.42. The summed E-state index contributed by atoms with van der Waals surface area (Å²) in [6.45, 7) is 1.00. The van der Waals surface area contributed by atoms with E-state index < -0.39 is 12.8 Å². The summed E-state index contributed by atoms with van der Waals surface area (Å²) in [5.74, 6) is 0.322. The van der Waals surface area contributed by atoms with E-state index in [4.69, 9.17) is 10.5 Å². The van der Waals surface area contributed by atoms with Gasteiger partial charge in [0.15, 0.2) is 6.61 Å². The molecule has 0 fully saturated rings. The van der Waals surface area contributed by atoms with Crippen LogP contribution in [0.25, 0.3) is 0 Å². The fourth-order valence-electron chi connectivity index (χ4n) is 1.15. The molecule has 1 aromatic carbocycles. The average Bonchev–Trinajstić information content (AvgIpc) is 2.25. The number of benzene rings is 1. The van der Waals surface area contributed by atoms with Gasteiger partial charge in [0.2, 0.25) is 0 Å². The van der Waals surface area contributed by atoms with Gasteiger partial charge in [-0.05, 0) is 18.6 Å². The molecule has 0 heterocycles. The van der Waals surface area contributed by atoms with Gasteiger partial charge in [0.1, 0.15) is 17.2 Å². The second kappa shape index (κ2) is 5.65. The normalized spacial score (nSPS) is 11.3. The molecule has 0 aromatic heterocycles. The molecule has 0 radical (unpaired) electrons. The Kier molecular flexibility index (Phi) is 4.48. The van der Waals surface area contributed by atoms with Gasteiger partial charge in [-0.2, -0.15) is 13.2 Å². The molecule has 0 aliphatic heterocycles. The van der Waals surface area contributed by atoms with Gasteiger partial charge in [0.25, 0.3) is 0 Å². The Balaban J connectivity index is 2.72. The predicted molar refractivity (Wildman–Crippen MR) is 58.2 cm³/mol. The predicted octanol–water partition coefficient (Wildman–Crippen LogP) is 3.00. The van der Waals surface area contributed by atoms with Gasteiger partial charge >= 0.3 is 6.18 Å². The molecule has 0 spiro atoms. The summed E-state index contributed by atoms with van der Waals surface area (Å²) in [5.41, 5.74) is 5.72. The average molecular weight is 249 g/mol. The molecule has 0 aliphatic rings. The zero-order valence-electron chi connectivity index (χ0n) is 9.38. The van der Waals surface area contributed by atoms with E-state index in [2.05, 4.69) is 4.74 Å². The van der Waals surface area contributed by atoms with Crippen molar-refractivity contribution in [3.05, 3.63) is 18.2 Å². The second-order valence-electron chi connectivity index (χ2n) is 3.42. The summed E-state index contributed by atoms with van der Waals surface area (Å²) in [6.07, 6.45) is -3.60. The van der Waals surface area contributed by atoms with E-state index in [1.54, 1.807) is 6.07 Å². The molecule has 0 saturated heterocycles. The maximum Gasteiger partial charge on any atom is 0.422 e. The molecule has 6 heteroatoms. The third kappa shape index (κ3) is 4.42. The number of halogens is 3. The van der Waals surface area contributed by atoms with Crippen LogP contribution in [0.3, 0.4) is 0 Å². The first-order chi connectivity index (χ1) is 7.94. The van der Waals surface area contributed by atoms with E-state index in [-0.39, 0.29) is 11.4 Å². The number of ether oxygens (including phenoxy) is 2. The number of rotatable bonds is 5. The molecule has 0 saturated carbocycles. The van der Waals surface area contributed by atoms with Crippen molar-refractivity contribution in [2.45, 2.75) is 19.5 Å². The first-order valence-electron chi connectivity index (χ1n) is 5.15. The van der Waals surface area contributed by atoms with Crippen molar-refractivity contribution < 1.29 is 22.6 Å². The fourth-order valence-corrected chi connectivity index (χ4v) is 1.15. The Bertz CT molecular complexity index is 366. The Morgan fingerprint density at radius 1 is 1.18 bits per heavy atom. The molecular formula is C11H14F3NO2. The van der Waals surface area contributed by atoms with Crippen LogP contribution in [-0.4, -0.2) is 19.4 Å². The Hall–Kier alpha value is -1.59. The lowest BCUT2D eigenvalue weighted by Crippen LogP contribution is -2.19. The SMILES string of the molecule is CCCOc1cccc(OCC(F)(F)F)c1N. The quantitative estimate of drug-likeness (QED) is 0.816. The standard InChI is InChI=1S/C11H14F3NO2/c1-2-6-16-8-4-3-5-9(10(8)15)17-7-11(12,13)14/h3-5H,2,6-7,15H2,1H3. The fraction of sp³-hybridized carbons (Fsp3) is 0.455. The summed E-state index contributed by atoms with van der Waals surface area (Å²) in [4.78, 5) is 0. The number of hydrogen-bond acceptors (Lipinski definition) is 3. The van der Waals surface area contributed by atoms with Crippen LogP contribution >= 0.6 is 0 Å². The molecule has 0 bridgehead atoms. The number of para-hydroxylation sites is 1. The molecular weight excluding hydrogens is 235 g/mol. The largest absolute Gasteiger partial charge is 0.491 e. The van der Waals surface area contributed by atoms with Crippen molar-refractivity contribution in [3.63, 3.8) is 0 Å². The number of alkyl halides is 3. The summed E-state index contributed by atoms with van der Waals surface area (Å²) >= 11 is 0. The van der Waals surface area contributed by atoms with Gasteiger partial charge in [-0.3, -0.25) is 0 Å². The van der Waals surface area contributed by atoms with Crippen molar-refractivity contribution in [1.29, 1.82) is 0 Å². The van der Waals surface area contributed by atoms with Crippen molar-refractivity contribution in [3.8, 4) is 11.5 Å². The van der Waals surface area contributed by atoms with Crippen LogP contribution < -0.4 is 15.2 Å². The van der Waals surface area contributed by atoms with Crippen LogP contribution in [0.4, 0.5) is 18.9 Å². The molecule has 96 valence electrons. The Labute approximate surface area is 97.3 Å². The van der Waals surface area contributed by atoms with E-state index in [0.717, 1.165) is 6.42 Å². The minimum Gasteiger partial charge on any atom is -0.491 e. The number of anilines is 1. The monoisotopic (exact) mass is 249 g/mol. The number of nitrogens with two attached hydrogens (primary N) is 1. The summed E-state index contributed by atoms with van der Waals surface area (Å²) in [6, 6.07) is 4.50. The first-order valence-corrected chi connectivity index (χ1v) is 5.15. The van der Waals surface area contributed by atoms with Crippen molar-refractivity contribution in [2.75, 3.05) is 18.9 Å². The zero-order chi connectivity index (χ0) is 12.9. The summed E-state index contributed by atoms with van der Waals surface area (Å²) in [5, 5.41) is 0.